The number of carbonyl (C=O) groups excluding carboxylic acids is 1. The number of benzene rings is 1. The van der Waals surface area contributed by atoms with E-state index in [1.54, 1.807) is 37.5 Å². The zero-order chi connectivity index (χ0) is 17.5. The third-order valence-electron chi connectivity index (χ3n) is 3.91. The lowest BCUT2D eigenvalue weighted by atomic mass is 10.2. The molecule has 1 aromatic carbocycles. The average molecular weight is 342 g/mol. The number of carbonyl (C=O) groups is 1. The molecule has 3 rings (SSSR count). The first-order valence-electron chi connectivity index (χ1n) is 8.43. The van der Waals surface area contributed by atoms with Crippen LogP contribution in [0.4, 0.5) is 5.69 Å². The van der Waals surface area contributed by atoms with Gasteiger partial charge in [-0.3, -0.25) is 9.78 Å². The molecule has 0 unspecified atom stereocenters. The zero-order valence-electron chi connectivity index (χ0n) is 14.2. The summed E-state index contributed by atoms with van der Waals surface area (Å²) >= 11 is 0. The summed E-state index contributed by atoms with van der Waals surface area (Å²) in [6, 6.07) is 10.8. The number of nitrogens with one attached hydrogen (secondary N) is 1. The predicted molar refractivity (Wildman–Crippen MR) is 93.8 cm³/mol. The second-order valence-corrected chi connectivity index (χ2v) is 5.91. The third kappa shape index (κ3) is 5.27. The summed E-state index contributed by atoms with van der Waals surface area (Å²) in [5.41, 5.74) is 0.657. The molecule has 1 amide bonds. The summed E-state index contributed by atoms with van der Waals surface area (Å²) in [4.78, 5) is 16.2. The van der Waals surface area contributed by atoms with Crippen molar-refractivity contribution >= 4 is 11.6 Å². The molecule has 1 N–H and O–H groups in total. The first-order chi connectivity index (χ1) is 12.2. The molecule has 2 atom stereocenters. The smallest absolute Gasteiger partial charge is 0.253 e. The molecule has 1 aliphatic heterocycles. The van der Waals surface area contributed by atoms with Crippen LogP contribution in [0.15, 0.2) is 48.8 Å². The van der Waals surface area contributed by atoms with Gasteiger partial charge in [-0.05, 0) is 44.0 Å². The van der Waals surface area contributed by atoms with Crippen LogP contribution in [0.25, 0.3) is 0 Å². The molecule has 0 saturated carbocycles. The molecule has 0 bridgehead atoms. The van der Waals surface area contributed by atoms with Crippen LogP contribution in [-0.2, 0) is 14.3 Å². The van der Waals surface area contributed by atoms with Crippen LogP contribution in [0.3, 0.4) is 0 Å². The Morgan fingerprint density at radius 1 is 1.32 bits per heavy atom. The lowest BCUT2D eigenvalue weighted by molar-refractivity contribution is -0.128. The molecule has 25 heavy (non-hydrogen) atoms. The molecule has 0 spiro atoms. The quantitative estimate of drug-likeness (QED) is 0.835. The summed E-state index contributed by atoms with van der Waals surface area (Å²) in [5, 5.41) is 2.85. The Balaban J connectivity index is 1.52. The van der Waals surface area contributed by atoms with Crippen LogP contribution in [0, 0.1) is 0 Å². The van der Waals surface area contributed by atoms with Crippen molar-refractivity contribution in [3.63, 3.8) is 0 Å². The van der Waals surface area contributed by atoms with Crippen LogP contribution in [0.2, 0.25) is 0 Å². The second-order valence-electron chi connectivity index (χ2n) is 5.91. The molecule has 1 fully saturated rings. The van der Waals surface area contributed by atoms with Gasteiger partial charge in [0.25, 0.3) is 5.91 Å². The summed E-state index contributed by atoms with van der Waals surface area (Å²) in [6.07, 6.45) is 4.92. The van der Waals surface area contributed by atoms with Gasteiger partial charge >= 0.3 is 0 Å². The van der Waals surface area contributed by atoms with E-state index in [1.165, 1.54) is 0 Å². The molecular weight excluding hydrogens is 320 g/mol. The Kier molecular flexibility index (Phi) is 5.98. The summed E-state index contributed by atoms with van der Waals surface area (Å²) in [6.45, 7) is 2.96. The van der Waals surface area contributed by atoms with Gasteiger partial charge in [0.2, 0.25) is 0 Å². The minimum absolute atomic E-state index is 0.104. The van der Waals surface area contributed by atoms with Crippen molar-refractivity contribution < 1.29 is 19.0 Å². The number of rotatable bonds is 7. The van der Waals surface area contributed by atoms with Crippen LogP contribution < -0.4 is 10.1 Å². The maximum Gasteiger partial charge on any atom is 0.253 e. The fourth-order valence-electron chi connectivity index (χ4n) is 2.53. The number of pyridine rings is 1. The Morgan fingerprint density at radius 2 is 2.16 bits per heavy atom. The van der Waals surface area contributed by atoms with Gasteiger partial charge in [0.1, 0.15) is 17.6 Å². The maximum absolute atomic E-state index is 12.3. The van der Waals surface area contributed by atoms with Crippen molar-refractivity contribution in [1.82, 2.24) is 4.98 Å². The highest BCUT2D eigenvalue weighted by Gasteiger charge is 2.20. The summed E-state index contributed by atoms with van der Waals surface area (Å²) in [7, 11) is 0. The van der Waals surface area contributed by atoms with Gasteiger partial charge in [0, 0.05) is 30.8 Å². The number of anilines is 1. The molecule has 132 valence electrons. The van der Waals surface area contributed by atoms with Crippen molar-refractivity contribution in [3.8, 4) is 11.5 Å². The fraction of sp³-hybridized carbons (Fsp3) is 0.368. The van der Waals surface area contributed by atoms with Crippen molar-refractivity contribution in [2.45, 2.75) is 32.0 Å². The summed E-state index contributed by atoms with van der Waals surface area (Å²) in [5.74, 6) is 1.13. The van der Waals surface area contributed by atoms with Crippen molar-refractivity contribution in [2.75, 3.05) is 18.5 Å². The number of amides is 1. The van der Waals surface area contributed by atoms with E-state index in [-0.39, 0.29) is 12.0 Å². The van der Waals surface area contributed by atoms with E-state index in [2.05, 4.69) is 10.3 Å². The highest BCUT2D eigenvalue weighted by Crippen LogP contribution is 2.23. The lowest BCUT2D eigenvalue weighted by Gasteiger charge is -2.16. The molecule has 2 aromatic rings. The zero-order valence-corrected chi connectivity index (χ0v) is 14.2. The van der Waals surface area contributed by atoms with Gasteiger partial charge in [-0.1, -0.05) is 6.07 Å². The Hall–Kier alpha value is -2.44. The maximum atomic E-state index is 12.3. The molecule has 2 heterocycles. The van der Waals surface area contributed by atoms with E-state index in [1.807, 2.05) is 18.2 Å². The highest BCUT2D eigenvalue weighted by atomic mass is 16.5. The minimum Gasteiger partial charge on any atom is -0.457 e. The molecule has 6 heteroatoms. The van der Waals surface area contributed by atoms with E-state index in [4.69, 9.17) is 14.2 Å². The average Bonchev–Trinajstić information content (AvgIpc) is 3.14. The van der Waals surface area contributed by atoms with Gasteiger partial charge in [-0.15, -0.1) is 0 Å². The normalized spacial score (nSPS) is 17.9. The molecular formula is C19H22N2O4. The number of aromatic nitrogens is 1. The van der Waals surface area contributed by atoms with Crippen molar-refractivity contribution in [2.24, 2.45) is 0 Å². The molecule has 0 radical (unpaired) electrons. The second kappa shape index (κ2) is 8.60. The first kappa shape index (κ1) is 17.4. The van der Waals surface area contributed by atoms with E-state index >= 15 is 0 Å². The number of hydrogen-bond acceptors (Lipinski definition) is 5. The van der Waals surface area contributed by atoms with Gasteiger partial charge in [0.05, 0.1) is 12.7 Å². The fourth-order valence-corrected chi connectivity index (χ4v) is 2.53. The molecule has 1 saturated heterocycles. The molecule has 1 aromatic heterocycles. The van der Waals surface area contributed by atoms with Gasteiger partial charge < -0.3 is 19.5 Å². The standard InChI is InChI=1S/C19H22N2O4/c1-14(24-13-18-6-3-11-23-18)19(22)21-15-4-2-5-17(12-15)25-16-7-9-20-10-8-16/h2,4-5,7-10,12,14,18H,3,6,11,13H2,1H3,(H,21,22)/t14-,18+/m0/s1. The van der Waals surface area contributed by atoms with Gasteiger partial charge in [0.15, 0.2) is 0 Å². The van der Waals surface area contributed by atoms with Gasteiger partial charge in [-0.25, -0.2) is 0 Å². The SMILES string of the molecule is C[C@H](OC[C@H]1CCCO1)C(=O)Nc1cccc(Oc2ccncc2)c1. The van der Waals surface area contributed by atoms with Gasteiger partial charge in [-0.2, -0.15) is 0 Å². The molecule has 6 nitrogen and oxygen atoms in total. The molecule has 0 aliphatic carbocycles. The lowest BCUT2D eigenvalue weighted by Crippen LogP contribution is -2.30. The van der Waals surface area contributed by atoms with Crippen molar-refractivity contribution in [3.05, 3.63) is 48.8 Å². The van der Waals surface area contributed by atoms with Crippen LogP contribution in [0.5, 0.6) is 11.5 Å². The van der Waals surface area contributed by atoms with Crippen LogP contribution in [-0.4, -0.2) is 36.3 Å². The number of hydrogen-bond donors (Lipinski definition) is 1. The first-order valence-corrected chi connectivity index (χ1v) is 8.43. The van der Waals surface area contributed by atoms with Crippen LogP contribution >= 0.6 is 0 Å². The van der Waals surface area contributed by atoms with Crippen LogP contribution in [0.1, 0.15) is 19.8 Å². The number of ether oxygens (including phenoxy) is 3. The van der Waals surface area contributed by atoms with E-state index < -0.39 is 6.10 Å². The highest BCUT2D eigenvalue weighted by molar-refractivity contribution is 5.94. The van der Waals surface area contributed by atoms with E-state index in [0.29, 0.717) is 23.8 Å². The summed E-state index contributed by atoms with van der Waals surface area (Å²) < 4.78 is 16.8. The van der Waals surface area contributed by atoms with E-state index in [9.17, 15) is 4.79 Å². The minimum atomic E-state index is -0.547. The topological polar surface area (TPSA) is 69.7 Å². The monoisotopic (exact) mass is 342 g/mol. The predicted octanol–water partition coefficient (Wildman–Crippen LogP) is 3.40. The Morgan fingerprint density at radius 3 is 2.92 bits per heavy atom. The number of nitrogens with zero attached hydrogens (tertiary/aromatic N) is 1. The third-order valence-corrected chi connectivity index (χ3v) is 3.91. The Bertz CT molecular complexity index is 687. The largest absolute Gasteiger partial charge is 0.457 e. The molecule has 1 aliphatic rings. The van der Waals surface area contributed by atoms with Crippen molar-refractivity contribution in [1.29, 1.82) is 0 Å². The van der Waals surface area contributed by atoms with E-state index in [0.717, 1.165) is 19.4 Å². The Labute approximate surface area is 147 Å².